The highest BCUT2D eigenvalue weighted by Gasteiger charge is 2.03. The smallest absolute Gasteiger partial charge is 0.330 e. The van der Waals surface area contributed by atoms with Gasteiger partial charge in [0.25, 0.3) is 0 Å². The molecule has 0 saturated carbocycles. The lowest BCUT2D eigenvalue weighted by Crippen LogP contribution is -1.96. The quantitative estimate of drug-likeness (QED) is 0.622. The second-order valence-corrected chi connectivity index (χ2v) is 4.18. The molecule has 0 aliphatic rings. The van der Waals surface area contributed by atoms with Crippen molar-refractivity contribution in [3.8, 4) is 11.1 Å². The van der Waals surface area contributed by atoms with Gasteiger partial charge in [0.2, 0.25) is 0 Å². The van der Waals surface area contributed by atoms with Crippen LogP contribution in [0.15, 0.2) is 54.9 Å². The molecule has 0 aliphatic carbocycles. The molecule has 1 aromatic carbocycles. The third-order valence-electron chi connectivity index (χ3n) is 2.84. The van der Waals surface area contributed by atoms with Crippen LogP contribution in [-0.4, -0.2) is 18.1 Å². The summed E-state index contributed by atoms with van der Waals surface area (Å²) in [4.78, 5) is 15.5. The van der Waals surface area contributed by atoms with Gasteiger partial charge in [-0.05, 0) is 29.7 Å². The minimum Gasteiger partial charge on any atom is -0.466 e. The summed E-state index contributed by atoms with van der Waals surface area (Å²) < 4.78 is 4.62. The summed E-state index contributed by atoms with van der Waals surface area (Å²) in [5.74, 6) is -0.359. The Morgan fingerprint density at radius 2 is 1.89 bits per heavy atom. The third kappa shape index (κ3) is 3.28. The molecule has 3 nitrogen and oxygen atoms in total. The van der Waals surface area contributed by atoms with E-state index >= 15 is 0 Å². The lowest BCUT2D eigenvalue weighted by molar-refractivity contribution is -0.134. The van der Waals surface area contributed by atoms with Gasteiger partial charge in [-0.1, -0.05) is 30.3 Å². The second kappa shape index (κ2) is 5.96. The highest BCUT2D eigenvalue weighted by Crippen LogP contribution is 2.22. The minimum absolute atomic E-state index is 0.359. The number of nitrogens with zero attached hydrogens (tertiary/aromatic N) is 1. The molecular formula is C16H15NO2. The molecule has 1 heterocycles. The first-order valence-electron chi connectivity index (χ1n) is 5.98. The molecule has 0 bridgehead atoms. The van der Waals surface area contributed by atoms with Crippen LogP contribution in [0.25, 0.3) is 16.7 Å². The van der Waals surface area contributed by atoms with Gasteiger partial charge in [0.15, 0.2) is 0 Å². The lowest BCUT2D eigenvalue weighted by atomic mass is 10.0. The Balaban J connectivity index is 2.35. The number of hydrogen-bond donors (Lipinski definition) is 0. The molecule has 0 aliphatic heterocycles. The van der Waals surface area contributed by atoms with Crippen molar-refractivity contribution in [2.75, 3.05) is 7.11 Å². The molecule has 2 rings (SSSR count). The summed E-state index contributed by atoms with van der Waals surface area (Å²) in [7, 11) is 1.37. The molecule has 2 aromatic rings. The van der Waals surface area contributed by atoms with Gasteiger partial charge in [-0.2, -0.15) is 0 Å². The predicted molar refractivity (Wildman–Crippen MR) is 75.3 cm³/mol. The zero-order valence-electron chi connectivity index (χ0n) is 11.0. The number of pyridine rings is 1. The monoisotopic (exact) mass is 253 g/mol. The Bertz CT molecular complexity index is 603. The average molecular weight is 253 g/mol. The van der Waals surface area contributed by atoms with Crippen molar-refractivity contribution in [2.24, 2.45) is 0 Å². The number of carbonyl (C=O) groups excluding carboxylic acids is 1. The second-order valence-electron chi connectivity index (χ2n) is 4.18. The van der Waals surface area contributed by atoms with E-state index in [0.717, 1.165) is 22.3 Å². The van der Waals surface area contributed by atoms with Gasteiger partial charge in [0.05, 0.1) is 7.11 Å². The molecule has 3 heteroatoms. The van der Waals surface area contributed by atoms with E-state index in [-0.39, 0.29) is 5.97 Å². The van der Waals surface area contributed by atoms with Crippen LogP contribution < -0.4 is 0 Å². The van der Waals surface area contributed by atoms with E-state index in [2.05, 4.69) is 9.72 Å². The number of aromatic nitrogens is 1. The van der Waals surface area contributed by atoms with Gasteiger partial charge in [-0.3, -0.25) is 4.98 Å². The number of esters is 1. The normalized spacial score (nSPS) is 11.2. The largest absolute Gasteiger partial charge is 0.466 e. The van der Waals surface area contributed by atoms with Crippen molar-refractivity contribution in [1.82, 2.24) is 4.98 Å². The number of methoxy groups -OCH3 is 1. The molecule has 0 N–H and O–H groups in total. The van der Waals surface area contributed by atoms with Crippen LogP contribution in [0.1, 0.15) is 12.5 Å². The van der Waals surface area contributed by atoms with Crippen molar-refractivity contribution in [3.63, 3.8) is 0 Å². The summed E-state index contributed by atoms with van der Waals surface area (Å²) in [5, 5.41) is 0. The standard InChI is InChI=1S/C16H15NO2/c1-12(8-16(18)19-2)14-9-15(11-17-10-14)13-6-4-3-5-7-13/h3-11H,1-2H3/b12-8+. The topological polar surface area (TPSA) is 39.2 Å². The van der Waals surface area contributed by atoms with E-state index in [4.69, 9.17) is 0 Å². The van der Waals surface area contributed by atoms with Crippen molar-refractivity contribution >= 4 is 11.5 Å². The van der Waals surface area contributed by atoms with Crippen LogP contribution in [0, 0.1) is 0 Å². The molecular weight excluding hydrogens is 238 g/mol. The van der Waals surface area contributed by atoms with Gasteiger partial charge < -0.3 is 4.74 Å². The van der Waals surface area contributed by atoms with Gasteiger partial charge in [-0.15, -0.1) is 0 Å². The fourth-order valence-corrected chi connectivity index (χ4v) is 1.76. The Kier molecular flexibility index (Phi) is 4.08. The summed E-state index contributed by atoms with van der Waals surface area (Å²) in [6, 6.07) is 12.0. The van der Waals surface area contributed by atoms with E-state index in [1.807, 2.05) is 49.5 Å². The van der Waals surface area contributed by atoms with Crippen LogP contribution in [0.4, 0.5) is 0 Å². The summed E-state index contributed by atoms with van der Waals surface area (Å²) >= 11 is 0. The maximum absolute atomic E-state index is 11.2. The molecule has 0 atom stereocenters. The van der Waals surface area contributed by atoms with E-state index in [1.165, 1.54) is 13.2 Å². The molecule has 1 aromatic heterocycles. The molecule has 0 radical (unpaired) electrons. The minimum atomic E-state index is -0.359. The first-order valence-corrected chi connectivity index (χ1v) is 5.98. The van der Waals surface area contributed by atoms with Crippen LogP contribution in [0.5, 0.6) is 0 Å². The molecule has 96 valence electrons. The van der Waals surface area contributed by atoms with Crippen molar-refractivity contribution in [3.05, 3.63) is 60.4 Å². The SMILES string of the molecule is COC(=O)/C=C(\C)c1cncc(-c2ccccc2)c1. The van der Waals surface area contributed by atoms with E-state index in [0.29, 0.717) is 0 Å². The maximum atomic E-state index is 11.2. The molecule has 0 amide bonds. The van der Waals surface area contributed by atoms with Crippen LogP contribution in [-0.2, 0) is 9.53 Å². The van der Waals surface area contributed by atoms with Gasteiger partial charge in [-0.25, -0.2) is 4.79 Å². The predicted octanol–water partition coefficient (Wildman–Crippen LogP) is 3.32. The molecule has 0 saturated heterocycles. The fraction of sp³-hybridized carbons (Fsp3) is 0.125. The maximum Gasteiger partial charge on any atom is 0.330 e. The molecule has 0 fully saturated rings. The third-order valence-corrected chi connectivity index (χ3v) is 2.84. The number of carbonyl (C=O) groups is 1. The molecule has 0 unspecified atom stereocenters. The first kappa shape index (κ1) is 13.0. The van der Waals surface area contributed by atoms with Crippen LogP contribution in [0.2, 0.25) is 0 Å². The zero-order chi connectivity index (χ0) is 13.7. The number of rotatable bonds is 3. The van der Waals surface area contributed by atoms with Crippen LogP contribution >= 0.6 is 0 Å². The molecule has 0 spiro atoms. The van der Waals surface area contributed by atoms with Gasteiger partial charge in [0.1, 0.15) is 0 Å². The highest BCUT2D eigenvalue weighted by molar-refractivity contribution is 5.91. The first-order chi connectivity index (χ1) is 9.20. The Hall–Kier alpha value is -2.42. The van der Waals surface area contributed by atoms with Crippen molar-refractivity contribution < 1.29 is 9.53 Å². The van der Waals surface area contributed by atoms with Gasteiger partial charge >= 0.3 is 5.97 Å². The lowest BCUT2D eigenvalue weighted by Gasteiger charge is -2.05. The van der Waals surface area contributed by atoms with E-state index in [1.54, 1.807) is 6.20 Å². The van der Waals surface area contributed by atoms with Gasteiger partial charge in [0, 0.05) is 24.0 Å². The van der Waals surface area contributed by atoms with E-state index < -0.39 is 0 Å². The number of hydrogen-bond acceptors (Lipinski definition) is 3. The average Bonchev–Trinajstić information content (AvgIpc) is 2.48. The number of allylic oxidation sites excluding steroid dienone is 1. The Morgan fingerprint density at radius 1 is 1.16 bits per heavy atom. The number of benzene rings is 1. The summed E-state index contributed by atoms with van der Waals surface area (Å²) in [6.45, 7) is 1.86. The zero-order valence-corrected chi connectivity index (χ0v) is 11.0. The highest BCUT2D eigenvalue weighted by atomic mass is 16.5. The Morgan fingerprint density at radius 3 is 2.58 bits per heavy atom. The van der Waals surface area contributed by atoms with Crippen LogP contribution in [0.3, 0.4) is 0 Å². The molecule has 19 heavy (non-hydrogen) atoms. The van der Waals surface area contributed by atoms with E-state index in [9.17, 15) is 4.79 Å². The summed E-state index contributed by atoms with van der Waals surface area (Å²) in [6.07, 6.45) is 5.01. The number of ether oxygens (including phenoxy) is 1. The summed E-state index contributed by atoms with van der Waals surface area (Å²) in [5.41, 5.74) is 3.86. The van der Waals surface area contributed by atoms with Crippen molar-refractivity contribution in [1.29, 1.82) is 0 Å². The Labute approximate surface area is 112 Å². The van der Waals surface area contributed by atoms with Crippen molar-refractivity contribution in [2.45, 2.75) is 6.92 Å². The fourth-order valence-electron chi connectivity index (χ4n) is 1.76.